The van der Waals surface area contributed by atoms with E-state index in [1.165, 1.54) is 11.3 Å². The third-order valence-corrected chi connectivity index (χ3v) is 4.27. The minimum Gasteiger partial charge on any atom is -0.293 e. The maximum absolute atomic E-state index is 11.8. The van der Waals surface area contributed by atoms with Crippen LogP contribution in [0.4, 0.5) is 0 Å². The van der Waals surface area contributed by atoms with E-state index in [4.69, 9.17) is 0 Å². The highest BCUT2D eigenvalue weighted by Gasteiger charge is 2.14. The zero-order valence-corrected chi connectivity index (χ0v) is 12.9. The number of ketones is 1. The first-order valence-corrected chi connectivity index (χ1v) is 7.70. The van der Waals surface area contributed by atoms with Gasteiger partial charge in [0.15, 0.2) is 5.78 Å². The smallest absolute Gasteiger partial charge is 0.172 e. The first-order valence-electron chi connectivity index (χ1n) is 6.88. The van der Waals surface area contributed by atoms with Gasteiger partial charge in [-0.15, -0.1) is 11.3 Å². The third-order valence-electron chi connectivity index (χ3n) is 3.07. The molecule has 106 valence electrons. The Balaban J connectivity index is 2.03. The second-order valence-corrected chi connectivity index (χ2v) is 5.73. The Morgan fingerprint density at radius 2 is 1.59 bits per heavy atom. The Morgan fingerprint density at radius 1 is 0.955 bits per heavy atom. The second-order valence-electron chi connectivity index (χ2n) is 4.73. The highest BCUT2D eigenvalue weighted by atomic mass is 32.1. The van der Waals surface area contributed by atoms with E-state index in [9.17, 15) is 4.79 Å². The number of aromatic nitrogens is 1. The number of hydrogen-bond donors (Lipinski definition) is 0. The molecule has 0 atom stereocenters. The normalized spacial score (nSPS) is 9.86. The SMILES string of the molecule is CC(=O)c1sc(-c2ccccc2)nc1C#Cc1ccccc1. The Bertz CT molecular complexity index is 855. The lowest BCUT2D eigenvalue weighted by Crippen LogP contribution is -1.91. The fraction of sp³-hybridized carbons (Fsp3) is 0.0526. The number of benzene rings is 2. The lowest BCUT2D eigenvalue weighted by molar-refractivity contribution is 0.102. The maximum atomic E-state index is 11.8. The Labute approximate surface area is 133 Å². The molecule has 0 aliphatic rings. The van der Waals surface area contributed by atoms with Gasteiger partial charge < -0.3 is 0 Å². The number of nitrogens with zero attached hydrogens (tertiary/aromatic N) is 1. The fourth-order valence-corrected chi connectivity index (χ4v) is 2.92. The van der Waals surface area contributed by atoms with Gasteiger partial charge in [0.25, 0.3) is 0 Å². The predicted octanol–water partition coefficient (Wildman–Crippen LogP) is 4.41. The van der Waals surface area contributed by atoms with Crippen molar-refractivity contribution in [2.75, 3.05) is 0 Å². The van der Waals surface area contributed by atoms with E-state index in [1.807, 2.05) is 60.7 Å². The van der Waals surface area contributed by atoms with E-state index >= 15 is 0 Å². The summed E-state index contributed by atoms with van der Waals surface area (Å²) in [6.45, 7) is 1.55. The molecular formula is C19H13NOS. The largest absolute Gasteiger partial charge is 0.293 e. The summed E-state index contributed by atoms with van der Waals surface area (Å²) in [6.07, 6.45) is 0. The molecule has 0 unspecified atom stereocenters. The molecule has 2 aromatic carbocycles. The molecule has 3 aromatic rings. The average molecular weight is 303 g/mol. The van der Waals surface area contributed by atoms with Gasteiger partial charge in [-0.25, -0.2) is 4.98 Å². The molecule has 1 heterocycles. The van der Waals surface area contributed by atoms with Crippen molar-refractivity contribution in [3.63, 3.8) is 0 Å². The van der Waals surface area contributed by atoms with Gasteiger partial charge in [-0.05, 0) is 18.1 Å². The highest BCUT2D eigenvalue weighted by Crippen LogP contribution is 2.28. The van der Waals surface area contributed by atoms with E-state index in [0.717, 1.165) is 16.1 Å². The Morgan fingerprint density at radius 3 is 2.23 bits per heavy atom. The minimum atomic E-state index is -0.00274. The molecule has 0 aliphatic heterocycles. The predicted molar refractivity (Wildman–Crippen MR) is 90.0 cm³/mol. The molecule has 0 bridgehead atoms. The second kappa shape index (κ2) is 6.38. The number of carbonyl (C=O) groups is 1. The topological polar surface area (TPSA) is 30.0 Å². The Hall–Kier alpha value is -2.70. The molecule has 22 heavy (non-hydrogen) atoms. The molecule has 2 nitrogen and oxygen atoms in total. The van der Waals surface area contributed by atoms with Crippen molar-refractivity contribution in [1.82, 2.24) is 4.98 Å². The number of rotatable bonds is 2. The van der Waals surface area contributed by atoms with Crippen LogP contribution in [0.1, 0.15) is 27.9 Å². The zero-order valence-electron chi connectivity index (χ0n) is 12.0. The highest BCUT2D eigenvalue weighted by molar-refractivity contribution is 7.17. The van der Waals surface area contributed by atoms with Gasteiger partial charge in [0, 0.05) is 18.1 Å². The monoisotopic (exact) mass is 303 g/mol. The molecule has 3 rings (SSSR count). The first-order chi connectivity index (χ1) is 10.7. The molecule has 0 saturated carbocycles. The summed E-state index contributed by atoms with van der Waals surface area (Å²) < 4.78 is 0. The van der Waals surface area contributed by atoms with E-state index in [2.05, 4.69) is 16.8 Å². The van der Waals surface area contributed by atoms with E-state index in [-0.39, 0.29) is 5.78 Å². The van der Waals surface area contributed by atoms with Gasteiger partial charge in [0.05, 0.1) is 0 Å². The lowest BCUT2D eigenvalue weighted by Gasteiger charge is -1.92. The van der Waals surface area contributed by atoms with Crippen molar-refractivity contribution in [2.45, 2.75) is 6.92 Å². The average Bonchev–Trinajstić information content (AvgIpc) is 2.99. The van der Waals surface area contributed by atoms with Crippen LogP contribution in [0.3, 0.4) is 0 Å². The molecule has 1 aromatic heterocycles. The van der Waals surface area contributed by atoms with Crippen molar-refractivity contribution in [1.29, 1.82) is 0 Å². The summed E-state index contributed by atoms with van der Waals surface area (Å²) in [5.74, 6) is 6.09. The van der Waals surface area contributed by atoms with Crippen molar-refractivity contribution in [3.05, 3.63) is 76.8 Å². The van der Waals surface area contributed by atoms with Crippen LogP contribution in [0, 0.1) is 11.8 Å². The van der Waals surface area contributed by atoms with Crippen molar-refractivity contribution in [3.8, 4) is 22.4 Å². The van der Waals surface area contributed by atoms with Gasteiger partial charge in [-0.3, -0.25) is 4.79 Å². The maximum Gasteiger partial charge on any atom is 0.172 e. The molecular weight excluding hydrogens is 290 g/mol. The van der Waals surface area contributed by atoms with Crippen LogP contribution in [-0.4, -0.2) is 10.8 Å². The van der Waals surface area contributed by atoms with Crippen molar-refractivity contribution < 1.29 is 4.79 Å². The van der Waals surface area contributed by atoms with Gasteiger partial charge >= 0.3 is 0 Å². The van der Waals surface area contributed by atoms with Gasteiger partial charge in [-0.2, -0.15) is 0 Å². The number of thiazole rings is 1. The van der Waals surface area contributed by atoms with Crippen molar-refractivity contribution >= 4 is 17.1 Å². The standard InChI is InChI=1S/C19H13NOS/c1-14(21)18-17(13-12-15-8-4-2-5-9-15)20-19(22-18)16-10-6-3-7-11-16/h2-11H,1H3. The van der Waals surface area contributed by atoms with Gasteiger partial charge in [-0.1, -0.05) is 54.5 Å². The summed E-state index contributed by atoms with van der Waals surface area (Å²) in [4.78, 5) is 17.0. The summed E-state index contributed by atoms with van der Waals surface area (Å²) in [5.41, 5.74) is 2.47. The summed E-state index contributed by atoms with van der Waals surface area (Å²) in [5, 5.41) is 0.822. The minimum absolute atomic E-state index is 0.00274. The van der Waals surface area contributed by atoms with Crippen molar-refractivity contribution in [2.24, 2.45) is 0 Å². The number of carbonyl (C=O) groups excluding carboxylic acids is 1. The lowest BCUT2D eigenvalue weighted by atomic mass is 10.2. The zero-order chi connectivity index (χ0) is 15.4. The number of hydrogen-bond acceptors (Lipinski definition) is 3. The van der Waals surface area contributed by atoms with Crippen LogP contribution >= 0.6 is 11.3 Å². The summed E-state index contributed by atoms with van der Waals surface area (Å²) >= 11 is 1.39. The van der Waals surface area contributed by atoms with Gasteiger partial charge in [0.2, 0.25) is 0 Å². The first kappa shape index (κ1) is 14.2. The van der Waals surface area contributed by atoms with Crippen LogP contribution in [0.25, 0.3) is 10.6 Å². The summed E-state index contributed by atoms with van der Waals surface area (Å²) in [6, 6.07) is 19.5. The molecule has 0 N–H and O–H groups in total. The molecule has 3 heteroatoms. The summed E-state index contributed by atoms with van der Waals surface area (Å²) in [7, 11) is 0. The molecule has 0 spiro atoms. The van der Waals surface area contributed by atoms with Crippen LogP contribution in [-0.2, 0) is 0 Å². The molecule has 0 radical (unpaired) electrons. The van der Waals surface area contributed by atoms with Crippen LogP contribution in [0.15, 0.2) is 60.7 Å². The van der Waals surface area contributed by atoms with Gasteiger partial charge in [0.1, 0.15) is 15.6 Å². The van der Waals surface area contributed by atoms with Crippen LogP contribution in [0.5, 0.6) is 0 Å². The van der Waals surface area contributed by atoms with E-state index in [0.29, 0.717) is 10.6 Å². The molecule has 0 fully saturated rings. The van der Waals surface area contributed by atoms with E-state index < -0.39 is 0 Å². The van der Waals surface area contributed by atoms with Crippen LogP contribution in [0.2, 0.25) is 0 Å². The molecule has 0 amide bonds. The van der Waals surface area contributed by atoms with E-state index in [1.54, 1.807) is 6.92 Å². The molecule has 0 aliphatic carbocycles. The quantitative estimate of drug-likeness (QED) is 0.518. The fourth-order valence-electron chi connectivity index (χ4n) is 2.00. The Kier molecular flexibility index (Phi) is 4.13. The third kappa shape index (κ3) is 3.13. The van der Waals surface area contributed by atoms with Crippen LogP contribution < -0.4 is 0 Å². The molecule has 0 saturated heterocycles. The number of Topliss-reactive ketones (excluding diaryl/α,β-unsaturated/α-hetero) is 1.